The predicted octanol–water partition coefficient (Wildman–Crippen LogP) is 1.60. The van der Waals surface area contributed by atoms with Gasteiger partial charge in [-0.15, -0.1) is 10.2 Å². The Labute approximate surface area is 80.8 Å². The quantitative estimate of drug-likeness (QED) is 0.728. The molecule has 0 radical (unpaired) electrons. The summed E-state index contributed by atoms with van der Waals surface area (Å²) in [4.78, 5) is 0. The van der Waals surface area contributed by atoms with Crippen molar-refractivity contribution in [2.45, 2.75) is 12.5 Å². The van der Waals surface area contributed by atoms with Gasteiger partial charge in [0.05, 0.1) is 13.7 Å². The van der Waals surface area contributed by atoms with Gasteiger partial charge in [0.1, 0.15) is 17.5 Å². The molecule has 0 aromatic carbocycles. The van der Waals surface area contributed by atoms with Crippen LogP contribution >= 0.6 is 11.6 Å². The maximum absolute atomic E-state index is 5.67. The summed E-state index contributed by atoms with van der Waals surface area (Å²) in [6.07, 6.45) is 0.992. The normalized spacial score (nSPS) is 20.9. The van der Waals surface area contributed by atoms with Crippen molar-refractivity contribution in [2.75, 3.05) is 13.7 Å². The number of aromatic nitrogens is 2. The number of ether oxygens (including phenoxy) is 2. The molecule has 0 spiro atoms. The van der Waals surface area contributed by atoms with Gasteiger partial charge in [0.2, 0.25) is 0 Å². The lowest BCUT2D eigenvalue weighted by atomic mass is 10.1. The molecule has 1 unspecified atom stereocenters. The summed E-state index contributed by atoms with van der Waals surface area (Å²) in [6, 6.07) is 1.64. The highest BCUT2D eigenvalue weighted by atomic mass is 35.5. The molecule has 70 valence electrons. The van der Waals surface area contributed by atoms with Gasteiger partial charge >= 0.3 is 0 Å². The van der Waals surface area contributed by atoms with Crippen molar-refractivity contribution in [3.8, 4) is 5.75 Å². The van der Waals surface area contributed by atoms with Crippen LogP contribution in [-0.2, 0) is 4.74 Å². The molecule has 1 aliphatic rings. The number of hydrogen-bond donors (Lipinski definition) is 0. The van der Waals surface area contributed by atoms with Crippen LogP contribution in [0.2, 0.25) is 5.15 Å². The smallest absolute Gasteiger partial charge is 0.155 e. The third kappa shape index (κ3) is 1.59. The minimum atomic E-state index is 0.0275. The number of nitrogens with zero attached hydrogens (tertiary/aromatic N) is 2. The Balaban J connectivity index is 2.32. The van der Waals surface area contributed by atoms with Gasteiger partial charge < -0.3 is 9.47 Å². The second-order valence-electron chi connectivity index (χ2n) is 2.77. The summed E-state index contributed by atoms with van der Waals surface area (Å²) in [5.41, 5.74) is 0.734. The van der Waals surface area contributed by atoms with E-state index in [9.17, 15) is 0 Å². The van der Waals surface area contributed by atoms with E-state index in [1.807, 2.05) is 0 Å². The zero-order chi connectivity index (χ0) is 9.26. The Bertz CT molecular complexity index is 315. The molecule has 2 rings (SSSR count). The molecule has 1 aliphatic heterocycles. The summed E-state index contributed by atoms with van der Waals surface area (Å²) >= 11 is 5.67. The Kier molecular flexibility index (Phi) is 2.33. The summed E-state index contributed by atoms with van der Waals surface area (Å²) in [5.74, 6) is 0.643. The van der Waals surface area contributed by atoms with Gasteiger partial charge in [-0.05, 0) is 0 Å². The Morgan fingerprint density at radius 2 is 2.38 bits per heavy atom. The topological polar surface area (TPSA) is 44.2 Å². The Morgan fingerprint density at radius 3 is 2.92 bits per heavy atom. The second-order valence-corrected chi connectivity index (χ2v) is 3.16. The summed E-state index contributed by atoms with van der Waals surface area (Å²) in [7, 11) is 1.58. The van der Waals surface area contributed by atoms with Crippen LogP contribution in [0.15, 0.2) is 6.07 Å². The van der Waals surface area contributed by atoms with Gasteiger partial charge in [0.25, 0.3) is 0 Å². The minimum Gasteiger partial charge on any atom is -0.495 e. The van der Waals surface area contributed by atoms with Gasteiger partial charge in [-0.25, -0.2) is 0 Å². The van der Waals surface area contributed by atoms with E-state index in [-0.39, 0.29) is 6.10 Å². The zero-order valence-electron chi connectivity index (χ0n) is 7.16. The predicted molar refractivity (Wildman–Crippen MR) is 46.9 cm³/mol. The third-order valence-corrected chi connectivity index (χ3v) is 2.16. The molecular weight excluding hydrogens is 192 g/mol. The SMILES string of the molecule is COc1cc(Cl)nnc1C1CCO1. The van der Waals surface area contributed by atoms with Crippen molar-refractivity contribution in [3.05, 3.63) is 16.9 Å². The minimum absolute atomic E-state index is 0.0275. The maximum Gasteiger partial charge on any atom is 0.155 e. The van der Waals surface area contributed by atoms with Gasteiger partial charge in [-0.2, -0.15) is 0 Å². The van der Waals surface area contributed by atoms with Gasteiger partial charge in [0.15, 0.2) is 5.15 Å². The van der Waals surface area contributed by atoms with Crippen LogP contribution in [0.25, 0.3) is 0 Å². The first kappa shape index (κ1) is 8.72. The van der Waals surface area contributed by atoms with Crippen LogP contribution < -0.4 is 4.74 Å². The van der Waals surface area contributed by atoms with E-state index in [2.05, 4.69) is 10.2 Å². The molecule has 1 aromatic rings. The summed E-state index contributed by atoms with van der Waals surface area (Å²) < 4.78 is 10.4. The first-order valence-electron chi connectivity index (χ1n) is 4.00. The van der Waals surface area contributed by atoms with E-state index in [4.69, 9.17) is 21.1 Å². The number of halogens is 1. The van der Waals surface area contributed by atoms with Crippen molar-refractivity contribution in [3.63, 3.8) is 0 Å². The molecule has 4 nitrogen and oxygen atoms in total. The molecule has 5 heteroatoms. The van der Waals surface area contributed by atoms with Crippen LogP contribution in [0.5, 0.6) is 5.75 Å². The second kappa shape index (κ2) is 3.47. The lowest BCUT2D eigenvalue weighted by molar-refractivity contribution is -0.0569. The van der Waals surface area contributed by atoms with E-state index < -0.39 is 0 Å². The fraction of sp³-hybridized carbons (Fsp3) is 0.500. The third-order valence-electron chi connectivity index (χ3n) is 1.98. The lowest BCUT2D eigenvalue weighted by Crippen LogP contribution is -2.20. The monoisotopic (exact) mass is 200 g/mol. The number of rotatable bonds is 2. The van der Waals surface area contributed by atoms with Crippen LogP contribution in [0, 0.1) is 0 Å². The highest BCUT2D eigenvalue weighted by Gasteiger charge is 2.25. The molecule has 0 aliphatic carbocycles. The molecule has 13 heavy (non-hydrogen) atoms. The molecule has 1 atom stereocenters. The van der Waals surface area contributed by atoms with E-state index in [0.717, 1.165) is 18.7 Å². The molecule has 0 amide bonds. The molecule has 1 aromatic heterocycles. The Morgan fingerprint density at radius 1 is 1.62 bits per heavy atom. The van der Waals surface area contributed by atoms with Crippen LogP contribution in [0.4, 0.5) is 0 Å². The molecule has 0 N–H and O–H groups in total. The van der Waals surface area contributed by atoms with Crippen LogP contribution in [-0.4, -0.2) is 23.9 Å². The molecular formula is C8H9ClN2O2. The molecule has 0 saturated carbocycles. The lowest BCUT2D eigenvalue weighted by Gasteiger charge is -2.26. The number of methoxy groups -OCH3 is 1. The number of hydrogen-bond acceptors (Lipinski definition) is 4. The van der Waals surface area contributed by atoms with Gasteiger partial charge in [-0.1, -0.05) is 11.6 Å². The first-order valence-corrected chi connectivity index (χ1v) is 4.38. The largest absolute Gasteiger partial charge is 0.495 e. The molecule has 1 saturated heterocycles. The highest BCUT2D eigenvalue weighted by Crippen LogP contribution is 2.33. The Hall–Kier alpha value is -0.870. The fourth-order valence-electron chi connectivity index (χ4n) is 1.20. The molecule has 2 heterocycles. The van der Waals surface area contributed by atoms with E-state index >= 15 is 0 Å². The fourth-order valence-corrected chi connectivity index (χ4v) is 1.34. The van der Waals surface area contributed by atoms with Crippen molar-refractivity contribution in [1.82, 2.24) is 10.2 Å². The maximum atomic E-state index is 5.67. The van der Waals surface area contributed by atoms with Crippen molar-refractivity contribution in [1.29, 1.82) is 0 Å². The zero-order valence-corrected chi connectivity index (χ0v) is 7.91. The first-order chi connectivity index (χ1) is 6.31. The average Bonchev–Trinajstić information content (AvgIpc) is 2.05. The summed E-state index contributed by atoms with van der Waals surface area (Å²) in [5, 5.41) is 8.02. The standard InChI is InChI=1S/C8H9ClN2O2/c1-12-6-4-7(9)10-11-8(6)5-2-3-13-5/h4-5H,2-3H2,1H3. The van der Waals surface area contributed by atoms with Crippen molar-refractivity contribution < 1.29 is 9.47 Å². The average molecular weight is 201 g/mol. The highest BCUT2D eigenvalue weighted by molar-refractivity contribution is 6.29. The van der Waals surface area contributed by atoms with Crippen LogP contribution in [0.1, 0.15) is 18.2 Å². The summed E-state index contributed by atoms with van der Waals surface area (Å²) in [6.45, 7) is 0.776. The van der Waals surface area contributed by atoms with Gasteiger partial charge in [-0.3, -0.25) is 0 Å². The molecule has 1 fully saturated rings. The van der Waals surface area contributed by atoms with Crippen molar-refractivity contribution >= 4 is 11.6 Å². The van der Waals surface area contributed by atoms with Crippen LogP contribution in [0.3, 0.4) is 0 Å². The van der Waals surface area contributed by atoms with Gasteiger partial charge in [0, 0.05) is 12.5 Å². The van der Waals surface area contributed by atoms with Crippen molar-refractivity contribution in [2.24, 2.45) is 0 Å². The van der Waals surface area contributed by atoms with E-state index in [1.54, 1.807) is 13.2 Å². The van der Waals surface area contributed by atoms with E-state index in [0.29, 0.717) is 10.9 Å². The van der Waals surface area contributed by atoms with E-state index in [1.165, 1.54) is 0 Å². The molecule has 0 bridgehead atoms.